The van der Waals surface area contributed by atoms with Gasteiger partial charge >= 0.3 is 0 Å². The first-order valence-corrected chi connectivity index (χ1v) is 11.2. The molecule has 4 nitrogen and oxygen atoms in total. The highest BCUT2D eigenvalue weighted by Crippen LogP contribution is 2.32. The summed E-state index contributed by atoms with van der Waals surface area (Å²) in [5.41, 5.74) is 4.99. The van der Waals surface area contributed by atoms with Gasteiger partial charge in [0.15, 0.2) is 0 Å². The largest absolute Gasteiger partial charge is 0.279 e. The van der Waals surface area contributed by atoms with E-state index in [1.807, 2.05) is 64.3 Å². The van der Waals surface area contributed by atoms with Crippen LogP contribution in [0.5, 0.6) is 0 Å². The number of thiazole rings is 1. The summed E-state index contributed by atoms with van der Waals surface area (Å²) in [5, 5.41) is 2.91. The van der Waals surface area contributed by atoms with E-state index in [9.17, 15) is 8.42 Å². The quantitative estimate of drug-likeness (QED) is 0.601. The van der Waals surface area contributed by atoms with E-state index in [-0.39, 0.29) is 5.92 Å². The number of benzene rings is 2. The lowest BCUT2D eigenvalue weighted by molar-refractivity contribution is 0.599. The second kappa shape index (κ2) is 7.44. The Balaban J connectivity index is 2.10. The van der Waals surface area contributed by atoms with Crippen molar-refractivity contribution in [3.8, 4) is 11.3 Å². The molecule has 1 aromatic heterocycles. The molecule has 0 unspecified atom stereocenters. The standard InChI is InChI=1S/C21H24N2O2S2/c1-13(2)18-10-9-17(20-12-26-16(5)22-20)11-21(18)27(24,25)23-19-8-6-7-14(3)15(19)4/h6-13,23H,1-5H3. The highest BCUT2D eigenvalue weighted by Gasteiger charge is 2.22. The molecule has 3 rings (SSSR count). The average Bonchev–Trinajstić information content (AvgIpc) is 3.04. The molecule has 0 radical (unpaired) electrons. The molecule has 142 valence electrons. The van der Waals surface area contributed by atoms with Crippen LogP contribution in [0.4, 0.5) is 5.69 Å². The normalized spacial score (nSPS) is 11.8. The maximum Gasteiger partial charge on any atom is 0.262 e. The van der Waals surface area contributed by atoms with Crippen molar-refractivity contribution >= 4 is 27.0 Å². The predicted octanol–water partition coefficient (Wildman–Crippen LogP) is 5.66. The Kier molecular flexibility index (Phi) is 5.40. The third-order valence-corrected chi connectivity index (χ3v) is 6.88. The van der Waals surface area contributed by atoms with Crippen LogP contribution >= 0.6 is 11.3 Å². The summed E-state index contributed by atoms with van der Waals surface area (Å²) in [6, 6.07) is 11.2. The van der Waals surface area contributed by atoms with E-state index in [0.717, 1.165) is 33.0 Å². The molecule has 0 atom stereocenters. The van der Waals surface area contributed by atoms with Crippen molar-refractivity contribution in [1.29, 1.82) is 0 Å². The lowest BCUT2D eigenvalue weighted by Gasteiger charge is -2.17. The number of hydrogen-bond donors (Lipinski definition) is 1. The summed E-state index contributed by atoms with van der Waals surface area (Å²) in [5.74, 6) is 0.0846. The van der Waals surface area contributed by atoms with Gasteiger partial charge in [0.2, 0.25) is 0 Å². The molecule has 0 saturated carbocycles. The van der Waals surface area contributed by atoms with Gasteiger partial charge in [-0.25, -0.2) is 13.4 Å². The number of nitrogens with zero attached hydrogens (tertiary/aromatic N) is 1. The maximum atomic E-state index is 13.3. The van der Waals surface area contributed by atoms with Gasteiger partial charge in [0, 0.05) is 10.9 Å². The van der Waals surface area contributed by atoms with E-state index in [0.29, 0.717) is 10.6 Å². The third-order valence-electron chi connectivity index (χ3n) is 4.69. The van der Waals surface area contributed by atoms with Crippen LogP contribution < -0.4 is 4.72 Å². The molecule has 6 heteroatoms. The number of aryl methyl sites for hydroxylation is 2. The van der Waals surface area contributed by atoms with Crippen LogP contribution in [-0.4, -0.2) is 13.4 Å². The first kappa shape index (κ1) is 19.6. The Morgan fingerprint density at radius 1 is 1.07 bits per heavy atom. The second-order valence-corrected chi connectivity index (χ2v) is 9.73. The fourth-order valence-electron chi connectivity index (χ4n) is 2.96. The van der Waals surface area contributed by atoms with Crippen molar-refractivity contribution in [1.82, 2.24) is 4.98 Å². The van der Waals surface area contributed by atoms with Gasteiger partial charge in [-0.3, -0.25) is 4.72 Å². The Morgan fingerprint density at radius 2 is 1.81 bits per heavy atom. The van der Waals surface area contributed by atoms with Crippen LogP contribution in [0.15, 0.2) is 46.7 Å². The topological polar surface area (TPSA) is 59.1 Å². The lowest BCUT2D eigenvalue weighted by Crippen LogP contribution is -2.16. The molecular weight excluding hydrogens is 376 g/mol. The van der Waals surface area contributed by atoms with Crippen molar-refractivity contribution in [2.75, 3.05) is 4.72 Å². The molecule has 3 aromatic rings. The molecule has 0 spiro atoms. The lowest BCUT2D eigenvalue weighted by atomic mass is 10.0. The molecule has 0 aliphatic carbocycles. The van der Waals surface area contributed by atoms with Gasteiger partial charge in [-0.1, -0.05) is 38.1 Å². The number of anilines is 1. The minimum Gasteiger partial charge on any atom is -0.279 e. The van der Waals surface area contributed by atoms with Crippen LogP contribution in [0.3, 0.4) is 0 Å². The van der Waals surface area contributed by atoms with Gasteiger partial charge < -0.3 is 0 Å². The highest BCUT2D eigenvalue weighted by molar-refractivity contribution is 7.92. The Labute approximate surface area is 165 Å². The molecule has 1 heterocycles. The molecular formula is C21H24N2O2S2. The van der Waals surface area contributed by atoms with E-state index < -0.39 is 10.0 Å². The average molecular weight is 401 g/mol. The number of nitrogens with one attached hydrogen (secondary N) is 1. The molecule has 2 aromatic carbocycles. The number of aromatic nitrogens is 1. The van der Waals surface area contributed by atoms with E-state index in [2.05, 4.69) is 9.71 Å². The van der Waals surface area contributed by atoms with Crippen molar-refractivity contribution < 1.29 is 8.42 Å². The minimum atomic E-state index is -3.73. The SMILES string of the molecule is Cc1nc(-c2ccc(C(C)C)c(S(=O)(=O)Nc3cccc(C)c3C)c2)cs1. The van der Waals surface area contributed by atoms with Crippen molar-refractivity contribution in [3.63, 3.8) is 0 Å². The first-order chi connectivity index (χ1) is 12.7. The number of sulfonamides is 1. The monoisotopic (exact) mass is 400 g/mol. The molecule has 0 aliphatic rings. The second-order valence-electron chi connectivity index (χ2n) is 7.01. The molecule has 0 aliphatic heterocycles. The molecule has 0 fully saturated rings. The van der Waals surface area contributed by atoms with E-state index in [1.165, 1.54) is 0 Å². The molecule has 0 amide bonds. The van der Waals surface area contributed by atoms with Gasteiger partial charge in [0.25, 0.3) is 10.0 Å². The van der Waals surface area contributed by atoms with E-state index in [4.69, 9.17) is 0 Å². The molecule has 0 bridgehead atoms. The van der Waals surface area contributed by atoms with E-state index >= 15 is 0 Å². The summed E-state index contributed by atoms with van der Waals surface area (Å²) in [6.07, 6.45) is 0. The third kappa shape index (κ3) is 4.06. The highest BCUT2D eigenvalue weighted by atomic mass is 32.2. The van der Waals surface area contributed by atoms with Crippen LogP contribution in [0, 0.1) is 20.8 Å². The maximum absolute atomic E-state index is 13.3. The van der Waals surface area contributed by atoms with Crippen molar-refractivity contribution in [2.45, 2.75) is 45.4 Å². The van der Waals surface area contributed by atoms with Crippen LogP contribution in [0.2, 0.25) is 0 Å². The zero-order valence-corrected chi connectivity index (χ0v) is 17.8. The molecule has 1 N–H and O–H groups in total. The van der Waals surface area contributed by atoms with Gasteiger partial charge in [-0.15, -0.1) is 11.3 Å². The van der Waals surface area contributed by atoms with Gasteiger partial charge in [0.1, 0.15) is 0 Å². The van der Waals surface area contributed by atoms with Crippen LogP contribution in [0.1, 0.15) is 41.5 Å². The van der Waals surface area contributed by atoms with Gasteiger partial charge in [0.05, 0.1) is 21.3 Å². The van der Waals surface area contributed by atoms with Crippen molar-refractivity contribution in [2.24, 2.45) is 0 Å². The fraction of sp³-hybridized carbons (Fsp3) is 0.286. The minimum absolute atomic E-state index is 0.0846. The summed E-state index contributed by atoms with van der Waals surface area (Å²) in [6.45, 7) is 9.83. The summed E-state index contributed by atoms with van der Waals surface area (Å²) >= 11 is 1.55. The Morgan fingerprint density at radius 3 is 2.44 bits per heavy atom. The number of hydrogen-bond acceptors (Lipinski definition) is 4. The zero-order chi connectivity index (χ0) is 19.8. The Hall–Kier alpha value is -2.18. The number of rotatable bonds is 5. The van der Waals surface area contributed by atoms with Crippen LogP contribution in [-0.2, 0) is 10.0 Å². The van der Waals surface area contributed by atoms with E-state index in [1.54, 1.807) is 23.5 Å². The molecule has 0 saturated heterocycles. The van der Waals surface area contributed by atoms with Crippen molar-refractivity contribution in [3.05, 3.63) is 63.5 Å². The van der Waals surface area contributed by atoms with Gasteiger partial charge in [-0.05, 0) is 55.5 Å². The summed E-state index contributed by atoms with van der Waals surface area (Å²) in [4.78, 5) is 4.80. The summed E-state index contributed by atoms with van der Waals surface area (Å²) < 4.78 is 29.3. The smallest absolute Gasteiger partial charge is 0.262 e. The zero-order valence-electron chi connectivity index (χ0n) is 16.2. The Bertz CT molecular complexity index is 1080. The summed E-state index contributed by atoms with van der Waals surface area (Å²) in [7, 11) is -3.73. The van der Waals surface area contributed by atoms with Crippen LogP contribution in [0.25, 0.3) is 11.3 Å². The van der Waals surface area contributed by atoms with Gasteiger partial charge in [-0.2, -0.15) is 0 Å². The fourth-order valence-corrected chi connectivity index (χ4v) is 5.10. The predicted molar refractivity (Wildman–Crippen MR) is 113 cm³/mol. The molecule has 27 heavy (non-hydrogen) atoms. The first-order valence-electron chi connectivity index (χ1n) is 8.84.